The summed E-state index contributed by atoms with van der Waals surface area (Å²) in [5.41, 5.74) is -0.778. The van der Waals surface area contributed by atoms with Gasteiger partial charge in [0.15, 0.2) is 0 Å². The molecule has 1 nitrogen and oxygen atoms in total. The summed E-state index contributed by atoms with van der Waals surface area (Å²) in [4.78, 5) is 3.50. The second-order valence-corrected chi connectivity index (χ2v) is 1.98. The van der Waals surface area contributed by atoms with E-state index in [1.54, 1.807) is 6.92 Å². The molecule has 68 valence electrons. The van der Waals surface area contributed by atoms with Crippen LogP contribution >= 0.6 is 0 Å². The lowest BCUT2D eigenvalue weighted by molar-refractivity contribution is -0.0855. The topological polar surface area (TPSA) is 12.4 Å². The Kier molecular flexibility index (Phi) is 4.33. The van der Waals surface area contributed by atoms with Crippen LogP contribution in [0.4, 0.5) is 13.2 Å². The number of hydrogen-bond donors (Lipinski definition) is 0. The smallest absolute Gasteiger partial charge is 0.293 e. The molecule has 0 unspecified atom stereocenters. The second-order valence-electron chi connectivity index (χ2n) is 1.98. The van der Waals surface area contributed by atoms with Crippen LogP contribution in [0.3, 0.4) is 0 Å². The standard InChI is InChI=1S/C8H10F3N/c1-3-5-7(6-12-4-2)8(9,10)11/h3,5-6H,1,4H2,2H3/b7-5+,12-6?. The van der Waals surface area contributed by atoms with Crippen LogP contribution in [0.15, 0.2) is 29.3 Å². The summed E-state index contributed by atoms with van der Waals surface area (Å²) >= 11 is 0. The number of rotatable bonds is 3. The molecule has 0 spiro atoms. The van der Waals surface area contributed by atoms with Crippen LogP contribution in [-0.2, 0) is 0 Å². The van der Waals surface area contributed by atoms with Gasteiger partial charge in [-0.1, -0.05) is 12.7 Å². The third-order valence-corrected chi connectivity index (χ3v) is 1.04. The number of alkyl halides is 3. The van der Waals surface area contributed by atoms with E-state index < -0.39 is 11.7 Å². The van der Waals surface area contributed by atoms with E-state index in [1.807, 2.05) is 0 Å². The highest BCUT2D eigenvalue weighted by atomic mass is 19.4. The predicted octanol–water partition coefficient (Wildman–Crippen LogP) is 2.75. The Labute approximate surface area is 69.3 Å². The zero-order valence-electron chi connectivity index (χ0n) is 6.73. The minimum absolute atomic E-state index is 0.338. The van der Waals surface area contributed by atoms with Crippen molar-refractivity contribution < 1.29 is 13.2 Å². The van der Waals surface area contributed by atoms with Crippen molar-refractivity contribution in [1.82, 2.24) is 0 Å². The lowest BCUT2D eigenvalue weighted by atomic mass is 10.2. The zero-order chi connectivity index (χ0) is 9.61. The molecule has 0 aromatic rings. The fourth-order valence-electron chi connectivity index (χ4n) is 0.527. The molecule has 0 bridgehead atoms. The van der Waals surface area contributed by atoms with Gasteiger partial charge in [0.05, 0.1) is 5.57 Å². The summed E-state index contributed by atoms with van der Waals surface area (Å²) in [5, 5.41) is 0. The number of aliphatic imine (C=N–C) groups is 1. The van der Waals surface area contributed by atoms with Gasteiger partial charge in [-0.25, -0.2) is 0 Å². The first kappa shape index (κ1) is 10.9. The molecule has 0 heterocycles. The van der Waals surface area contributed by atoms with E-state index in [1.165, 1.54) is 0 Å². The number of halogens is 3. The first-order valence-corrected chi connectivity index (χ1v) is 3.42. The molecule has 0 radical (unpaired) electrons. The van der Waals surface area contributed by atoms with E-state index in [9.17, 15) is 13.2 Å². The first-order valence-electron chi connectivity index (χ1n) is 3.42. The molecular formula is C8H10F3N. The molecule has 0 aliphatic heterocycles. The number of allylic oxidation sites excluding steroid dienone is 3. The molecule has 0 saturated carbocycles. The molecule has 0 aliphatic carbocycles. The molecule has 0 atom stereocenters. The predicted molar refractivity (Wildman–Crippen MR) is 43.4 cm³/mol. The van der Waals surface area contributed by atoms with Crippen LogP contribution < -0.4 is 0 Å². The van der Waals surface area contributed by atoms with Crippen LogP contribution in [0.25, 0.3) is 0 Å². The Morgan fingerprint density at radius 2 is 2.08 bits per heavy atom. The van der Waals surface area contributed by atoms with Gasteiger partial charge in [0, 0.05) is 12.8 Å². The number of hydrogen-bond acceptors (Lipinski definition) is 1. The quantitative estimate of drug-likeness (QED) is 0.464. The Hall–Kier alpha value is -1.06. The van der Waals surface area contributed by atoms with E-state index in [0.717, 1.165) is 18.4 Å². The van der Waals surface area contributed by atoms with Gasteiger partial charge in [0.2, 0.25) is 0 Å². The Bertz CT molecular complexity index is 201. The molecule has 0 rings (SSSR count). The third kappa shape index (κ3) is 3.95. The van der Waals surface area contributed by atoms with Crippen molar-refractivity contribution in [3.63, 3.8) is 0 Å². The fourth-order valence-corrected chi connectivity index (χ4v) is 0.527. The van der Waals surface area contributed by atoms with Gasteiger partial charge in [0.25, 0.3) is 0 Å². The lowest BCUT2D eigenvalue weighted by Gasteiger charge is -2.04. The van der Waals surface area contributed by atoms with Gasteiger partial charge < -0.3 is 0 Å². The van der Waals surface area contributed by atoms with E-state index in [2.05, 4.69) is 11.6 Å². The monoisotopic (exact) mass is 177 g/mol. The third-order valence-electron chi connectivity index (χ3n) is 1.04. The SMILES string of the molecule is C=C/C=C(\C=NCC)C(F)(F)F. The summed E-state index contributed by atoms with van der Waals surface area (Å²) < 4.78 is 36.1. The van der Waals surface area contributed by atoms with Gasteiger partial charge >= 0.3 is 6.18 Å². The molecule has 12 heavy (non-hydrogen) atoms. The average Bonchev–Trinajstić information content (AvgIpc) is 1.95. The number of nitrogens with zero attached hydrogens (tertiary/aromatic N) is 1. The molecule has 0 aromatic carbocycles. The minimum Gasteiger partial charge on any atom is -0.293 e. The largest absolute Gasteiger partial charge is 0.417 e. The van der Waals surface area contributed by atoms with Gasteiger partial charge in [-0.3, -0.25) is 4.99 Å². The van der Waals surface area contributed by atoms with E-state index in [-0.39, 0.29) is 0 Å². The minimum atomic E-state index is -4.34. The lowest BCUT2D eigenvalue weighted by Crippen LogP contribution is -2.12. The van der Waals surface area contributed by atoms with Gasteiger partial charge in [-0.15, -0.1) is 0 Å². The van der Waals surface area contributed by atoms with Crippen molar-refractivity contribution in [1.29, 1.82) is 0 Å². The van der Waals surface area contributed by atoms with Crippen LogP contribution in [0.1, 0.15) is 6.92 Å². The van der Waals surface area contributed by atoms with Gasteiger partial charge in [0.1, 0.15) is 0 Å². The van der Waals surface area contributed by atoms with Crippen LogP contribution in [0.2, 0.25) is 0 Å². The molecule has 0 N–H and O–H groups in total. The van der Waals surface area contributed by atoms with Crippen LogP contribution in [-0.4, -0.2) is 18.9 Å². The normalized spacial score (nSPS) is 13.8. The zero-order valence-corrected chi connectivity index (χ0v) is 6.73. The first-order chi connectivity index (χ1) is 5.52. The molecule has 0 fully saturated rings. The molecule has 0 saturated heterocycles. The Morgan fingerprint density at radius 1 is 1.50 bits per heavy atom. The molecular weight excluding hydrogens is 167 g/mol. The van der Waals surface area contributed by atoms with Crippen LogP contribution in [0, 0.1) is 0 Å². The molecule has 0 aromatic heterocycles. The summed E-state index contributed by atoms with van der Waals surface area (Å²) in [6, 6.07) is 0. The molecule has 0 aliphatic rings. The van der Waals surface area contributed by atoms with Gasteiger partial charge in [-0.05, 0) is 13.0 Å². The summed E-state index contributed by atoms with van der Waals surface area (Å²) in [6.45, 7) is 5.19. The second kappa shape index (κ2) is 4.74. The van der Waals surface area contributed by atoms with Crippen LogP contribution in [0.5, 0.6) is 0 Å². The highest BCUT2D eigenvalue weighted by Gasteiger charge is 2.31. The summed E-state index contributed by atoms with van der Waals surface area (Å²) in [7, 11) is 0. The van der Waals surface area contributed by atoms with Crippen molar-refractivity contribution in [3.8, 4) is 0 Å². The highest BCUT2D eigenvalue weighted by molar-refractivity contribution is 5.80. The average molecular weight is 177 g/mol. The Balaban J connectivity index is 4.57. The van der Waals surface area contributed by atoms with E-state index in [0.29, 0.717) is 6.54 Å². The maximum atomic E-state index is 12.0. The maximum Gasteiger partial charge on any atom is 0.417 e. The highest BCUT2D eigenvalue weighted by Crippen LogP contribution is 2.23. The van der Waals surface area contributed by atoms with Crippen molar-refractivity contribution in [2.75, 3.05) is 6.54 Å². The maximum absolute atomic E-state index is 12.0. The van der Waals surface area contributed by atoms with E-state index >= 15 is 0 Å². The van der Waals surface area contributed by atoms with Crippen molar-refractivity contribution in [2.24, 2.45) is 4.99 Å². The Morgan fingerprint density at radius 3 is 2.42 bits per heavy atom. The van der Waals surface area contributed by atoms with E-state index in [4.69, 9.17) is 0 Å². The molecule has 4 heteroatoms. The van der Waals surface area contributed by atoms with Gasteiger partial charge in [-0.2, -0.15) is 13.2 Å². The fraction of sp³-hybridized carbons (Fsp3) is 0.375. The van der Waals surface area contributed by atoms with Crippen molar-refractivity contribution >= 4 is 6.21 Å². The van der Waals surface area contributed by atoms with Crippen molar-refractivity contribution in [2.45, 2.75) is 13.1 Å². The van der Waals surface area contributed by atoms with Crippen molar-refractivity contribution in [3.05, 3.63) is 24.3 Å². The summed E-state index contributed by atoms with van der Waals surface area (Å²) in [6.07, 6.45) is -1.56. The molecule has 0 amide bonds. The summed E-state index contributed by atoms with van der Waals surface area (Å²) in [5.74, 6) is 0.